The third-order valence-electron chi connectivity index (χ3n) is 3.15. The van der Waals surface area contributed by atoms with Gasteiger partial charge in [0.05, 0.1) is 11.4 Å². The second-order valence-electron chi connectivity index (χ2n) is 4.74. The second kappa shape index (κ2) is 8.39. The number of allylic oxidation sites excluding steroid dienone is 2. The molecule has 0 saturated carbocycles. The van der Waals surface area contributed by atoms with E-state index in [1.54, 1.807) is 18.2 Å². The third-order valence-corrected chi connectivity index (χ3v) is 3.65. The van der Waals surface area contributed by atoms with Gasteiger partial charge in [-0.05, 0) is 23.8 Å². The van der Waals surface area contributed by atoms with Gasteiger partial charge in [-0.1, -0.05) is 46.3 Å². The Labute approximate surface area is 148 Å². The number of nitrogens with zero attached hydrogens (tertiary/aromatic N) is 3. The van der Waals surface area contributed by atoms with E-state index in [-0.39, 0.29) is 11.3 Å². The summed E-state index contributed by atoms with van der Waals surface area (Å²) in [6.45, 7) is 0.603. The summed E-state index contributed by atoms with van der Waals surface area (Å²) in [5.74, 6) is 0. The smallest absolute Gasteiger partial charge is 0.163 e. The van der Waals surface area contributed by atoms with E-state index >= 15 is 0 Å². The van der Waals surface area contributed by atoms with Gasteiger partial charge in [0.25, 0.3) is 0 Å². The molecule has 0 spiro atoms. The molecule has 0 aliphatic heterocycles. The van der Waals surface area contributed by atoms with E-state index in [9.17, 15) is 5.26 Å². The van der Waals surface area contributed by atoms with Gasteiger partial charge in [0, 0.05) is 11.0 Å². The van der Waals surface area contributed by atoms with Gasteiger partial charge in [-0.15, -0.1) is 0 Å². The first-order chi connectivity index (χ1) is 11.7. The molecule has 2 aromatic carbocycles. The molecule has 0 unspecified atom stereocenters. The van der Waals surface area contributed by atoms with Crippen LogP contribution in [0, 0.1) is 34.0 Å². The maximum atomic E-state index is 9.18. The van der Waals surface area contributed by atoms with Crippen molar-refractivity contribution < 1.29 is 0 Å². The minimum Gasteiger partial charge on any atom is -0.379 e. The van der Waals surface area contributed by atoms with Crippen molar-refractivity contribution in [3.05, 3.63) is 69.8 Å². The van der Waals surface area contributed by atoms with E-state index < -0.39 is 0 Å². The maximum absolute atomic E-state index is 9.18. The molecule has 0 bridgehead atoms. The van der Waals surface area contributed by atoms with Crippen LogP contribution in [0.25, 0.3) is 0 Å². The zero-order valence-corrected chi connectivity index (χ0v) is 14.1. The van der Waals surface area contributed by atoms with Crippen LogP contribution >= 0.6 is 15.9 Å². The highest BCUT2D eigenvalue weighted by atomic mass is 79.9. The van der Waals surface area contributed by atoms with Crippen LogP contribution in [0.15, 0.2) is 64.3 Å². The van der Waals surface area contributed by atoms with Crippen LogP contribution in [0.2, 0.25) is 0 Å². The third kappa shape index (κ3) is 4.36. The minimum atomic E-state index is -0.258. The largest absolute Gasteiger partial charge is 0.379 e. The van der Waals surface area contributed by atoms with Gasteiger partial charge < -0.3 is 10.6 Å². The lowest BCUT2D eigenvalue weighted by Gasteiger charge is -2.14. The van der Waals surface area contributed by atoms with Gasteiger partial charge in [0.1, 0.15) is 23.9 Å². The molecule has 5 nitrogen and oxygen atoms in total. The van der Waals surface area contributed by atoms with Crippen molar-refractivity contribution in [2.45, 2.75) is 6.54 Å². The molecule has 6 heteroatoms. The Morgan fingerprint density at radius 2 is 1.62 bits per heavy atom. The Hall–Kier alpha value is -3.27. The summed E-state index contributed by atoms with van der Waals surface area (Å²) in [4.78, 5) is 0. The van der Waals surface area contributed by atoms with Crippen molar-refractivity contribution in [1.29, 1.82) is 15.8 Å². The average Bonchev–Trinajstić information content (AvgIpc) is 2.62. The quantitative estimate of drug-likeness (QED) is 0.757. The van der Waals surface area contributed by atoms with Gasteiger partial charge in [0.2, 0.25) is 0 Å². The van der Waals surface area contributed by atoms with Gasteiger partial charge in [-0.2, -0.15) is 15.8 Å². The molecule has 116 valence electrons. The fraction of sp³-hybridized carbons (Fsp3) is 0.0556. The molecular weight excluding hydrogens is 366 g/mol. The minimum absolute atomic E-state index is 0.0825. The highest BCUT2D eigenvalue weighted by Crippen LogP contribution is 2.28. The molecule has 0 radical (unpaired) electrons. The maximum Gasteiger partial charge on any atom is 0.163 e. The van der Waals surface area contributed by atoms with Crippen LogP contribution in [-0.2, 0) is 6.54 Å². The Morgan fingerprint density at radius 1 is 0.917 bits per heavy atom. The lowest BCUT2D eigenvalue weighted by Crippen LogP contribution is -2.06. The van der Waals surface area contributed by atoms with E-state index in [2.05, 4.69) is 26.6 Å². The van der Waals surface area contributed by atoms with Crippen LogP contribution in [0.5, 0.6) is 0 Å². The van der Waals surface area contributed by atoms with Gasteiger partial charge in [-0.25, -0.2) is 0 Å². The highest BCUT2D eigenvalue weighted by Gasteiger charge is 2.10. The van der Waals surface area contributed by atoms with Crippen LogP contribution in [-0.4, -0.2) is 0 Å². The lowest BCUT2D eigenvalue weighted by atomic mass is 10.2. The SMILES string of the molecule is N#CC(C#N)=C(C#N)Nc1cc(Br)ccc1NCc1ccccc1. The second-order valence-corrected chi connectivity index (χ2v) is 5.66. The Morgan fingerprint density at radius 3 is 2.25 bits per heavy atom. The summed E-state index contributed by atoms with van der Waals surface area (Å²) < 4.78 is 0.808. The fourth-order valence-electron chi connectivity index (χ4n) is 1.99. The summed E-state index contributed by atoms with van der Waals surface area (Å²) in [6, 6.07) is 20.6. The molecule has 0 atom stereocenters. The predicted octanol–water partition coefficient (Wildman–Crippen LogP) is 4.30. The van der Waals surface area contributed by atoms with Gasteiger partial charge in [0.15, 0.2) is 5.57 Å². The molecular formula is C18H12BrN5. The molecule has 0 heterocycles. The molecule has 2 N–H and O–H groups in total. The predicted molar refractivity (Wildman–Crippen MR) is 95.4 cm³/mol. The van der Waals surface area contributed by atoms with E-state index in [0.29, 0.717) is 12.2 Å². The molecule has 0 aliphatic rings. The lowest BCUT2D eigenvalue weighted by molar-refractivity contribution is 1.15. The number of hydrogen-bond acceptors (Lipinski definition) is 5. The Bertz CT molecular complexity index is 866. The number of benzene rings is 2. The Kier molecular flexibility index (Phi) is 5.97. The molecule has 2 rings (SSSR count). The van der Waals surface area contributed by atoms with Crippen LogP contribution in [0.4, 0.5) is 11.4 Å². The number of anilines is 2. The molecule has 0 aromatic heterocycles. The molecule has 0 saturated heterocycles. The number of hydrogen-bond donors (Lipinski definition) is 2. The van der Waals surface area contributed by atoms with E-state index in [0.717, 1.165) is 15.7 Å². The molecule has 0 fully saturated rings. The van der Waals surface area contributed by atoms with E-state index in [1.807, 2.05) is 48.5 Å². The average molecular weight is 378 g/mol. The van der Waals surface area contributed by atoms with Crippen molar-refractivity contribution in [2.75, 3.05) is 10.6 Å². The van der Waals surface area contributed by atoms with E-state index in [1.165, 1.54) is 0 Å². The fourth-order valence-corrected chi connectivity index (χ4v) is 2.35. The van der Waals surface area contributed by atoms with Crippen molar-refractivity contribution in [2.24, 2.45) is 0 Å². The monoisotopic (exact) mass is 377 g/mol. The van der Waals surface area contributed by atoms with Crippen molar-refractivity contribution in [1.82, 2.24) is 0 Å². The van der Waals surface area contributed by atoms with Crippen molar-refractivity contribution in [3.8, 4) is 18.2 Å². The number of halogens is 1. The highest BCUT2D eigenvalue weighted by molar-refractivity contribution is 9.10. The van der Waals surface area contributed by atoms with Gasteiger partial charge in [-0.3, -0.25) is 0 Å². The summed E-state index contributed by atoms with van der Waals surface area (Å²) >= 11 is 3.38. The Balaban J connectivity index is 2.29. The molecule has 0 aliphatic carbocycles. The summed E-state index contributed by atoms with van der Waals surface area (Å²) in [7, 11) is 0. The van der Waals surface area contributed by atoms with Crippen LogP contribution < -0.4 is 10.6 Å². The number of nitrogens with one attached hydrogen (secondary N) is 2. The van der Waals surface area contributed by atoms with Crippen LogP contribution in [0.3, 0.4) is 0 Å². The number of rotatable bonds is 5. The summed E-state index contributed by atoms with van der Waals surface area (Å²) in [5.41, 5.74) is 2.12. The topological polar surface area (TPSA) is 95.4 Å². The zero-order valence-electron chi connectivity index (χ0n) is 12.5. The van der Waals surface area contributed by atoms with Crippen LogP contribution in [0.1, 0.15) is 5.56 Å². The van der Waals surface area contributed by atoms with E-state index in [4.69, 9.17) is 10.5 Å². The molecule has 2 aromatic rings. The van der Waals surface area contributed by atoms with Gasteiger partial charge >= 0.3 is 0 Å². The number of nitriles is 3. The molecule has 0 amide bonds. The van der Waals surface area contributed by atoms with Crippen molar-refractivity contribution >= 4 is 27.3 Å². The first kappa shape index (κ1) is 17.1. The van der Waals surface area contributed by atoms with Crippen molar-refractivity contribution in [3.63, 3.8) is 0 Å². The zero-order chi connectivity index (χ0) is 17.4. The first-order valence-corrected chi connectivity index (χ1v) is 7.76. The summed E-state index contributed by atoms with van der Waals surface area (Å²) in [6.07, 6.45) is 0. The summed E-state index contributed by atoms with van der Waals surface area (Å²) in [5, 5.41) is 33.2. The first-order valence-electron chi connectivity index (χ1n) is 6.97. The molecule has 24 heavy (non-hydrogen) atoms. The standard InChI is InChI=1S/C18H12BrN5/c19-15-6-7-16(23-12-13-4-2-1-3-5-13)17(8-15)24-18(11-22)14(9-20)10-21/h1-8,23-24H,12H2. The normalized spacial score (nSPS) is 9.08.